The van der Waals surface area contributed by atoms with E-state index in [1.165, 1.54) is 0 Å². The molecule has 80 valence electrons. The van der Waals surface area contributed by atoms with Crippen molar-refractivity contribution in [3.63, 3.8) is 0 Å². The van der Waals surface area contributed by atoms with Gasteiger partial charge in [0.05, 0.1) is 13.2 Å². The molecule has 1 saturated heterocycles. The standard InChI is InChI=1S/C10H17NO3/c1-2-3-4-10(12)11-14-8-9-5-6-13-7-9/h2-3,9H,4-8H2,1H3,(H,11,12)/b3-2-. The average Bonchev–Trinajstić information content (AvgIpc) is 2.67. The lowest BCUT2D eigenvalue weighted by molar-refractivity contribution is -0.133. The van der Waals surface area contributed by atoms with Gasteiger partial charge in [0, 0.05) is 18.9 Å². The van der Waals surface area contributed by atoms with Gasteiger partial charge in [0.25, 0.3) is 0 Å². The largest absolute Gasteiger partial charge is 0.381 e. The number of ether oxygens (including phenoxy) is 1. The molecule has 0 bridgehead atoms. The van der Waals surface area contributed by atoms with Crippen LogP contribution in [0.3, 0.4) is 0 Å². The maximum Gasteiger partial charge on any atom is 0.247 e. The van der Waals surface area contributed by atoms with Crippen LogP contribution in [0.15, 0.2) is 12.2 Å². The van der Waals surface area contributed by atoms with Gasteiger partial charge >= 0.3 is 0 Å². The second kappa shape index (κ2) is 6.56. The third kappa shape index (κ3) is 4.39. The Bertz CT molecular complexity index is 198. The Morgan fingerprint density at radius 2 is 2.57 bits per heavy atom. The molecular weight excluding hydrogens is 182 g/mol. The predicted octanol–water partition coefficient (Wildman–Crippen LogP) is 1.04. The first-order chi connectivity index (χ1) is 6.83. The van der Waals surface area contributed by atoms with Gasteiger partial charge in [-0.25, -0.2) is 5.48 Å². The van der Waals surface area contributed by atoms with Gasteiger partial charge < -0.3 is 4.74 Å². The highest BCUT2D eigenvalue weighted by molar-refractivity contribution is 5.76. The molecule has 1 amide bonds. The molecule has 0 radical (unpaired) electrons. The van der Waals surface area contributed by atoms with Crippen molar-refractivity contribution >= 4 is 5.91 Å². The summed E-state index contributed by atoms with van der Waals surface area (Å²) in [6, 6.07) is 0. The van der Waals surface area contributed by atoms with Crippen LogP contribution in [0, 0.1) is 5.92 Å². The van der Waals surface area contributed by atoms with Crippen molar-refractivity contribution in [2.24, 2.45) is 5.92 Å². The maximum atomic E-state index is 11.1. The molecule has 0 aromatic rings. The van der Waals surface area contributed by atoms with Gasteiger partial charge in [-0.2, -0.15) is 0 Å². The van der Waals surface area contributed by atoms with Crippen LogP contribution < -0.4 is 5.48 Å². The predicted molar refractivity (Wildman–Crippen MR) is 52.5 cm³/mol. The minimum absolute atomic E-state index is 0.109. The number of hydrogen-bond donors (Lipinski definition) is 1. The third-order valence-electron chi connectivity index (χ3n) is 2.07. The summed E-state index contributed by atoms with van der Waals surface area (Å²) in [5.41, 5.74) is 2.40. The van der Waals surface area contributed by atoms with Gasteiger partial charge in [-0.3, -0.25) is 9.63 Å². The summed E-state index contributed by atoms with van der Waals surface area (Å²) in [5.74, 6) is 0.319. The molecule has 4 heteroatoms. The normalized spacial score (nSPS) is 21.6. The van der Waals surface area contributed by atoms with E-state index in [1.807, 2.05) is 13.0 Å². The highest BCUT2D eigenvalue weighted by Crippen LogP contribution is 2.11. The van der Waals surface area contributed by atoms with E-state index in [-0.39, 0.29) is 5.91 Å². The number of carbonyl (C=O) groups excluding carboxylic acids is 1. The molecule has 1 aliphatic rings. The molecule has 1 N–H and O–H groups in total. The average molecular weight is 199 g/mol. The van der Waals surface area contributed by atoms with E-state index in [0.717, 1.165) is 19.6 Å². The van der Waals surface area contributed by atoms with E-state index >= 15 is 0 Å². The molecule has 0 aromatic carbocycles. The zero-order valence-corrected chi connectivity index (χ0v) is 8.49. The van der Waals surface area contributed by atoms with Gasteiger partial charge in [0.1, 0.15) is 0 Å². The maximum absolute atomic E-state index is 11.1. The van der Waals surface area contributed by atoms with E-state index in [2.05, 4.69) is 5.48 Å². The lowest BCUT2D eigenvalue weighted by Crippen LogP contribution is -2.26. The molecule has 1 atom stereocenters. The quantitative estimate of drug-likeness (QED) is 0.531. The van der Waals surface area contributed by atoms with E-state index in [4.69, 9.17) is 9.57 Å². The molecule has 1 unspecified atom stereocenters. The van der Waals surface area contributed by atoms with Crippen LogP contribution in [-0.4, -0.2) is 25.7 Å². The topological polar surface area (TPSA) is 47.6 Å². The van der Waals surface area contributed by atoms with Crippen LogP contribution in [-0.2, 0) is 14.4 Å². The minimum Gasteiger partial charge on any atom is -0.381 e. The Kier molecular flexibility index (Phi) is 5.25. The van der Waals surface area contributed by atoms with Crippen molar-refractivity contribution in [2.45, 2.75) is 19.8 Å². The number of hydrogen-bond acceptors (Lipinski definition) is 3. The third-order valence-corrected chi connectivity index (χ3v) is 2.07. The molecule has 14 heavy (non-hydrogen) atoms. The lowest BCUT2D eigenvalue weighted by Gasteiger charge is -2.08. The van der Waals surface area contributed by atoms with Crippen LogP contribution in [0.2, 0.25) is 0 Å². The number of carbonyl (C=O) groups is 1. The number of nitrogens with one attached hydrogen (secondary N) is 1. The van der Waals surface area contributed by atoms with Crippen LogP contribution in [0.4, 0.5) is 0 Å². The van der Waals surface area contributed by atoms with Gasteiger partial charge in [-0.1, -0.05) is 12.2 Å². The molecule has 0 saturated carbocycles. The molecule has 1 rings (SSSR count). The fourth-order valence-corrected chi connectivity index (χ4v) is 1.22. The summed E-state index contributed by atoms with van der Waals surface area (Å²) in [4.78, 5) is 16.1. The summed E-state index contributed by atoms with van der Waals surface area (Å²) >= 11 is 0. The monoisotopic (exact) mass is 199 g/mol. The molecule has 1 aliphatic heterocycles. The van der Waals surface area contributed by atoms with Gasteiger partial charge in [-0.05, 0) is 13.3 Å². The first kappa shape index (κ1) is 11.2. The molecule has 1 heterocycles. The minimum atomic E-state index is -0.109. The second-order valence-electron chi connectivity index (χ2n) is 3.34. The number of rotatable bonds is 5. The van der Waals surface area contributed by atoms with Crippen molar-refractivity contribution < 1.29 is 14.4 Å². The van der Waals surface area contributed by atoms with Crippen LogP contribution in [0.1, 0.15) is 19.8 Å². The number of allylic oxidation sites excluding steroid dienone is 1. The zero-order chi connectivity index (χ0) is 10.2. The van der Waals surface area contributed by atoms with Crippen molar-refractivity contribution in [2.75, 3.05) is 19.8 Å². The SMILES string of the molecule is C/C=C\CC(=O)NOCC1CCOC1. The molecular formula is C10H17NO3. The van der Waals surface area contributed by atoms with E-state index in [1.54, 1.807) is 6.08 Å². The van der Waals surface area contributed by atoms with Gasteiger partial charge in [-0.15, -0.1) is 0 Å². The zero-order valence-electron chi connectivity index (χ0n) is 8.49. The van der Waals surface area contributed by atoms with E-state index < -0.39 is 0 Å². The first-order valence-electron chi connectivity index (χ1n) is 4.92. The Morgan fingerprint density at radius 3 is 3.21 bits per heavy atom. The fourth-order valence-electron chi connectivity index (χ4n) is 1.22. The molecule has 4 nitrogen and oxygen atoms in total. The van der Waals surface area contributed by atoms with Crippen molar-refractivity contribution in [1.82, 2.24) is 5.48 Å². The molecule has 0 aromatic heterocycles. The van der Waals surface area contributed by atoms with Crippen LogP contribution in [0.5, 0.6) is 0 Å². The number of amides is 1. The summed E-state index contributed by atoms with van der Waals surface area (Å²) < 4.78 is 5.18. The van der Waals surface area contributed by atoms with Crippen LogP contribution >= 0.6 is 0 Å². The Balaban J connectivity index is 1.99. The molecule has 0 aliphatic carbocycles. The Morgan fingerprint density at radius 1 is 1.71 bits per heavy atom. The van der Waals surface area contributed by atoms with E-state index in [0.29, 0.717) is 18.9 Å². The first-order valence-corrected chi connectivity index (χ1v) is 4.92. The van der Waals surface area contributed by atoms with Crippen LogP contribution in [0.25, 0.3) is 0 Å². The summed E-state index contributed by atoms with van der Waals surface area (Å²) in [6.07, 6.45) is 5.02. The summed E-state index contributed by atoms with van der Waals surface area (Å²) in [7, 11) is 0. The smallest absolute Gasteiger partial charge is 0.247 e. The fraction of sp³-hybridized carbons (Fsp3) is 0.700. The summed E-state index contributed by atoms with van der Waals surface area (Å²) in [6.45, 7) is 3.97. The highest BCUT2D eigenvalue weighted by Gasteiger charge is 2.15. The Hall–Kier alpha value is -0.870. The Labute approximate surface area is 84.2 Å². The lowest BCUT2D eigenvalue weighted by atomic mass is 10.1. The van der Waals surface area contributed by atoms with Gasteiger partial charge in [0.2, 0.25) is 5.91 Å². The van der Waals surface area contributed by atoms with Gasteiger partial charge in [0.15, 0.2) is 0 Å². The highest BCUT2D eigenvalue weighted by atomic mass is 16.7. The molecule has 0 spiro atoms. The van der Waals surface area contributed by atoms with Crippen molar-refractivity contribution in [1.29, 1.82) is 0 Å². The van der Waals surface area contributed by atoms with E-state index in [9.17, 15) is 4.79 Å². The summed E-state index contributed by atoms with van der Waals surface area (Å²) in [5, 5.41) is 0. The number of hydroxylamine groups is 1. The molecule has 1 fully saturated rings. The van der Waals surface area contributed by atoms with Crippen molar-refractivity contribution in [3.05, 3.63) is 12.2 Å². The second-order valence-corrected chi connectivity index (χ2v) is 3.34. The van der Waals surface area contributed by atoms with Crippen molar-refractivity contribution in [3.8, 4) is 0 Å².